The summed E-state index contributed by atoms with van der Waals surface area (Å²) in [6, 6.07) is 5.05. The molecule has 29 heavy (non-hydrogen) atoms. The minimum atomic E-state index is -4.40. The fourth-order valence-corrected chi connectivity index (χ4v) is 4.08. The summed E-state index contributed by atoms with van der Waals surface area (Å²) < 4.78 is 38.3. The van der Waals surface area contributed by atoms with Gasteiger partial charge in [0.15, 0.2) is 11.6 Å². The van der Waals surface area contributed by atoms with Crippen LogP contribution in [-0.4, -0.2) is 29.8 Å². The van der Waals surface area contributed by atoms with Gasteiger partial charge < -0.3 is 0 Å². The Morgan fingerprint density at radius 3 is 2.48 bits per heavy atom. The van der Waals surface area contributed by atoms with Crippen LogP contribution in [0.5, 0.6) is 0 Å². The van der Waals surface area contributed by atoms with Gasteiger partial charge in [-0.3, -0.25) is 19.2 Å². The third kappa shape index (κ3) is 6.43. The third-order valence-electron chi connectivity index (χ3n) is 4.49. The van der Waals surface area contributed by atoms with Crippen LogP contribution in [-0.2, 0) is 25.4 Å². The largest absolute Gasteiger partial charge is 0.416 e. The first-order valence-electron chi connectivity index (χ1n) is 9.13. The van der Waals surface area contributed by atoms with Crippen molar-refractivity contribution in [1.82, 2.24) is 5.48 Å². The zero-order chi connectivity index (χ0) is 21.6. The second kappa shape index (κ2) is 10.1. The standard InChI is InChI=1S/C20H22F3NO4S/c1-3-28-24-19(27)12(2)18-16(25)9-13(10-17(18)26)7-8-29-15-6-4-5-14(11-15)20(21,22)23/h4-6,11,13H,3,7-10H2,1-2H3,(H,24,27). The van der Waals surface area contributed by atoms with Crippen molar-refractivity contribution in [2.45, 2.75) is 44.2 Å². The summed E-state index contributed by atoms with van der Waals surface area (Å²) in [6.45, 7) is 3.34. The third-order valence-corrected chi connectivity index (χ3v) is 5.51. The normalized spacial score (nSPS) is 17.4. The molecule has 0 aliphatic heterocycles. The van der Waals surface area contributed by atoms with E-state index in [0.717, 1.165) is 12.1 Å². The Kier molecular flexibility index (Phi) is 8.04. The number of alkyl halides is 3. The van der Waals surface area contributed by atoms with Crippen molar-refractivity contribution in [3.63, 3.8) is 0 Å². The predicted octanol–water partition coefficient (Wildman–Crippen LogP) is 4.12. The fourth-order valence-electron chi connectivity index (χ4n) is 3.01. The van der Waals surface area contributed by atoms with Gasteiger partial charge in [0, 0.05) is 23.3 Å². The molecule has 1 aromatic carbocycles. The van der Waals surface area contributed by atoms with Gasteiger partial charge in [-0.25, -0.2) is 5.48 Å². The van der Waals surface area contributed by atoms with Gasteiger partial charge in [0.1, 0.15) is 0 Å². The van der Waals surface area contributed by atoms with Gasteiger partial charge in [-0.2, -0.15) is 13.2 Å². The van der Waals surface area contributed by atoms with Crippen molar-refractivity contribution in [3.8, 4) is 0 Å². The maximum absolute atomic E-state index is 12.8. The van der Waals surface area contributed by atoms with Crippen molar-refractivity contribution in [1.29, 1.82) is 0 Å². The predicted molar refractivity (Wildman–Crippen MR) is 102 cm³/mol. The number of benzene rings is 1. The van der Waals surface area contributed by atoms with E-state index in [1.165, 1.54) is 24.8 Å². The number of rotatable bonds is 7. The minimum Gasteiger partial charge on any atom is -0.294 e. The van der Waals surface area contributed by atoms with E-state index in [2.05, 4.69) is 5.48 Å². The number of thioether (sulfide) groups is 1. The maximum atomic E-state index is 12.8. The lowest BCUT2D eigenvalue weighted by Gasteiger charge is -2.23. The molecule has 0 spiro atoms. The molecule has 0 saturated heterocycles. The number of allylic oxidation sites excluding steroid dienone is 1. The van der Waals surface area contributed by atoms with E-state index in [9.17, 15) is 27.6 Å². The highest BCUT2D eigenvalue weighted by Crippen LogP contribution is 2.33. The molecule has 0 bridgehead atoms. The van der Waals surface area contributed by atoms with Crippen molar-refractivity contribution in [3.05, 3.63) is 41.0 Å². The van der Waals surface area contributed by atoms with E-state index in [0.29, 0.717) is 17.1 Å². The zero-order valence-corrected chi connectivity index (χ0v) is 16.9. The van der Waals surface area contributed by atoms with Gasteiger partial charge in [-0.1, -0.05) is 6.07 Å². The van der Waals surface area contributed by atoms with E-state index in [4.69, 9.17) is 4.84 Å². The van der Waals surface area contributed by atoms with Crippen molar-refractivity contribution >= 4 is 29.2 Å². The molecule has 0 aromatic heterocycles. The Hall–Kier alpha value is -2.13. The summed E-state index contributed by atoms with van der Waals surface area (Å²) in [5.41, 5.74) is 1.40. The average molecular weight is 429 g/mol. The minimum absolute atomic E-state index is 0.0326. The molecule has 1 saturated carbocycles. The van der Waals surface area contributed by atoms with Crippen LogP contribution < -0.4 is 5.48 Å². The van der Waals surface area contributed by atoms with Gasteiger partial charge in [0.05, 0.1) is 17.7 Å². The Labute approximate surface area is 171 Å². The maximum Gasteiger partial charge on any atom is 0.416 e. The Morgan fingerprint density at radius 2 is 1.90 bits per heavy atom. The number of carbonyl (C=O) groups excluding carboxylic acids is 3. The molecule has 1 N–H and O–H groups in total. The van der Waals surface area contributed by atoms with Gasteiger partial charge in [-0.15, -0.1) is 11.8 Å². The number of ketones is 2. The van der Waals surface area contributed by atoms with Crippen LogP contribution in [0.3, 0.4) is 0 Å². The van der Waals surface area contributed by atoms with Gasteiger partial charge in [0.2, 0.25) is 0 Å². The summed E-state index contributed by atoms with van der Waals surface area (Å²) in [6.07, 6.45) is -3.63. The summed E-state index contributed by atoms with van der Waals surface area (Å²) in [4.78, 5) is 42.0. The van der Waals surface area contributed by atoms with E-state index >= 15 is 0 Å². The molecule has 1 amide bonds. The molecule has 0 unspecified atom stereocenters. The van der Waals surface area contributed by atoms with Crippen LogP contribution >= 0.6 is 11.8 Å². The van der Waals surface area contributed by atoms with E-state index in [1.54, 1.807) is 13.0 Å². The number of amides is 1. The number of Topliss-reactive ketones (excluding diaryl/α,β-unsaturated/α-hetero) is 2. The number of hydrogen-bond acceptors (Lipinski definition) is 5. The second-order valence-electron chi connectivity index (χ2n) is 6.65. The quantitative estimate of drug-likeness (QED) is 0.306. The molecule has 0 radical (unpaired) electrons. The van der Waals surface area contributed by atoms with Crippen LogP contribution in [0.4, 0.5) is 13.2 Å². The SMILES string of the molecule is CCONC(=O)C(C)=C1C(=O)CC(CCSc2cccc(C(F)(F)F)c2)CC1=O. The van der Waals surface area contributed by atoms with Crippen LogP contribution in [0, 0.1) is 5.92 Å². The first-order chi connectivity index (χ1) is 13.6. The fraction of sp³-hybridized carbons (Fsp3) is 0.450. The number of hydrogen-bond donors (Lipinski definition) is 1. The molecule has 0 atom stereocenters. The Bertz CT molecular complexity index is 800. The topological polar surface area (TPSA) is 72.5 Å². The first-order valence-corrected chi connectivity index (χ1v) is 10.1. The highest BCUT2D eigenvalue weighted by molar-refractivity contribution is 7.99. The molecule has 2 rings (SSSR count). The van der Waals surface area contributed by atoms with Crippen LogP contribution in [0.25, 0.3) is 0 Å². The summed E-state index contributed by atoms with van der Waals surface area (Å²) in [5.74, 6) is -1.11. The molecule has 5 nitrogen and oxygen atoms in total. The van der Waals surface area contributed by atoms with Gasteiger partial charge in [-0.05, 0) is 50.1 Å². The molecule has 9 heteroatoms. The van der Waals surface area contributed by atoms with Gasteiger partial charge in [0.25, 0.3) is 5.91 Å². The zero-order valence-electron chi connectivity index (χ0n) is 16.1. The number of carbonyl (C=O) groups is 3. The molecule has 158 valence electrons. The number of nitrogens with one attached hydrogen (secondary N) is 1. The van der Waals surface area contributed by atoms with E-state index in [1.807, 2.05) is 0 Å². The number of halogens is 3. The molecule has 1 aliphatic rings. The highest BCUT2D eigenvalue weighted by Gasteiger charge is 2.33. The van der Waals surface area contributed by atoms with Gasteiger partial charge >= 0.3 is 6.18 Å². The lowest BCUT2D eigenvalue weighted by molar-refractivity contribution is -0.137. The van der Waals surface area contributed by atoms with Crippen molar-refractivity contribution in [2.75, 3.05) is 12.4 Å². The Morgan fingerprint density at radius 1 is 1.24 bits per heavy atom. The van der Waals surface area contributed by atoms with Crippen molar-refractivity contribution < 1.29 is 32.4 Å². The molecule has 0 heterocycles. The average Bonchev–Trinajstić information content (AvgIpc) is 2.65. The highest BCUT2D eigenvalue weighted by atomic mass is 32.2. The van der Waals surface area contributed by atoms with Crippen LogP contribution in [0.2, 0.25) is 0 Å². The van der Waals surface area contributed by atoms with Crippen LogP contribution in [0.15, 0.2) is 40.3 Å². The second-order valence-corrected chi connectivity index (χ2v) is 7.82. The Balaban J connectivity index is 1.93. The van der Waals surface area contributed by atoms with Crippen molar-refractivity contribution in [2.24, 2.45) is 5.92 Å². The molecular weight excluding hydrogens is 407 g/mol. The lowest BCUT2D eigenvalue weighted by Crippen LogP contribution is -2.32. The molecule has 1 aliphatic carbocycles. The summed E-state index contributed by atoms with van der Waals surface area (Å²) in [7, 11) is 0. The molecule has 1 aromatic rings. The molecular formula is C20H22F3NO4S. The summed E-state index contributed by atoms with van der Waals surface area (Å²) in [5, 5.41) is 0. The number of hydroxylamine groups is 1. The monoisotopic (exact) mass is 429 g/mol. The molecule has 1 fully saturated rings. The lowest BCUT2D eigenvalue weighted by atomic mass is 9.80. The smallest absolute Gasteiger partial charge is 0.294 e. The summed E-state index contributed by atoms with van der Waals surface area (Å²) >= 11 is 1.25. The van der Waals surface area contributed by atoms with E-state index < -0.39 is 17.6 Å². The first kappa shape index (κ1) is 23.2. The van der Waals surface area contributed by atoms with Crippen LogP contribution in [0.1, 0.15) is 38.7 Å². The van der Waals surface area contributed by atoms with E-state index in [-0.39, 0.29) is 48.1 Å².